The number of hydrogen-bond acceptors (Lipinski definition) is 7. The minimum atomic E-state index is -0.564. The lowest BCUT2D eigenvalue weighted by Gasteiger charge is -2.62. The van der Waals surface area contributed by atoms with E-state index in [0.717, 1.165) is 51.4 Å². The van der Waals surface area contributed by atoms with Gasteiger partial charge in [0.15, 0.2) is 0 Å². The van der Waals surface area contributed by atoms with Gasteiger partial charge in [0.2, 0.25) is 0 Å². The first-order chi connectivity index (χ1) is 25.9. The summed E-state index contributed by atoms with van der Waals surface area (Å²) < 4.78 is 23.7. The van der Waals surface area contributed by atoms with Crippen LogP contribution in [0.5, 0.6) is 0 Å². The van der Waals surface area contributed by atoms with Crippen molar-refractivity contribution in [3.8, 4) is 0 Å². The molecule has 0 heterocycles. The average Bonchev–Trinajstić information content (AvgIpc) is 3.77. The SMILES string of the molecule is COCO[C@@H]1C[C@@](C)(CC=CCl)C(=O)[C@H](C)C23CC[C@@H](C)[C@]1(C)C2[C@H](OC)CC3.CO[C@@H]1CCC23CC[C@@H](C)[C@](C)(C12)[C@H](O)C[C@@](C)(CC=CCl)C(=O)[C@@H]3C. The summed E-state index contributed by atoms with van der Waals surface area (Å²) in [5, 5.41) is 11.5. The van der Waals surface area contributed by atoms with Crippen molar-refractivity contribution in [2.75, 3.05) is 28.1 Å². The molecule has 6 aliphatic carbocycles. The monoisotopic (exact) mass is 808 g/mol. The highest BCUT2D eigenvalue weighted by Gasteiger charge is 2.69. The van der Waals surface area contributed by atoms with Gasteiger partial charge in [0, 0.05) is 65.9 Å². The van der Waals surface area contributed by atoms with E-state index in [9.17, 15) is 14.7 Å². The van der Waals surface area contributed by atoms with Crippen LogP contribution in [0.1, 0.15) is 132 Å². The molecule has 0 amide bonds. The van der Waals surface area contributed by atoms with Gasteiger partial charge < -0.3 is 24.1 Å². The van der Waals surface area contributed by atoms with Crippen LogP contribution in [0.2, 0.25) is 0 Å². The smallest absolute Gasteiger partial charge is 0.146 e. The molecule has 6 rings (SSSR count). The van der Waals surface area contributed by atoms with E-state index in [4.69, 9.17) is 42.1 Å². The summed E-state index contributed by atoms with van der Waals surface area (Å²) >= 11 is 11.6. The molecule has 4 bridgehead atoms. The number of rotatable bonds is 9. The Bertz CT molecular complexity index is 1440. The summed E-state index contributed by atoms with van der Waals surface area (Å²) in [6, 6.07) is 0. The maximum absolute atomic E-state index is 14.0. The van der Waals surface area contributed by atoms with E-state index in [0.29, 0.717) is 55.0 Å². The molecule has 0 aromatic carbocycles. The number of aliphatic hydroxyl groups is 1. The first-order valence-electron chi connectivity index (χ1n) is 21.3. The minimum Gasteiger partial charge on any atom is -0.393 e. The van der Waals surface area contributed by atoms with E-state index >= 15 is 0 Å². The summed E-state index contributed by atoms with van der Waals surface area (Å²) in [6.07, 6.45) is 14.4. The van der Waals surface area contributed by atoms with Crippen LogP contribution >= 0.6 is 23.2 Å². The van der Waals surface area contributed by atoms with Crippen molar-refractivity contribution in [2.45, 2.75) is 157 Å². The molecule has 6 saturated carbocycles. The van der Waals surface area contributed by atoms with Crippen LogP contribution in [0.15, 0.2) is 23.2 Å². The summed E-state index contributed by atoms with van der Waals surface area (Å²) in [5.41, 5.74) is 1.61. The molecule has 0 radical (unpaired) electrons. The van der Waals surface area contributed by atoms with Gasteiger partial charge >= 0.3 is 0 Å². The predicted molar refractivity (Wildman–Crippen MR) is 221 cm³/mol. The summed E-state index contributed by atoms with van der Waals surface area (Å²) in [4.78, 5) is 27.6. The molecular weight excluding hydrogens is 735 g/mol. The summed E-state index contributed by atoms with van der Waals surface area (Å²) in [5.74, 6) is 2.12. The average molecular weight is 810 g/mol. The molecule has 1 N–H and O–H groups in total. The van der Waals surface area contributed by atoms with Gasteiger partial charge in [-0.05, 0) is 112 Å². The molecule has 7 nitrogen and oxygen atoms in total. The van der Waals surface area contributed by atoms with Crippen LogP contribution in [0.4, 0.5) is 0 Å². The lowest BCUT2D eigenvalue weighted by atomic mass is 9.44. The maximum atomic E-state index is 14.0. The zero-order valence-electron chi connectivity index (χ0n) is 35.9. The normalized spacial score (nSPS) is 49.8. The maximum Gasteiger partial charge on any atom is 0.146 e. The molecule has 16 atom stereocenters. The zero-order valence-corrected chi connectivity index (χ0v) is 37.4. The van der Waals surface area contributed by atoms with Crippen molar-refractivity contribution < 1.29 is 33.6 Å². The number of ether oxygens (including phenoxy) is 4. The third-order valence-corrected chi connectivity index (χ3v) is 18.4. The van der Waals surface area contributed by atoms with Crippen LogP contribution < -0.4 is 0 Å². The van der Waals surface area contributed by atoms with Crippen molar-refractivity contribution in [2.24, 2.45) is 68.0 Å². The number of aliphatic hydroxyl groups excluding tert-OH is 1. The topological polar surface area (TPSA) is 91.3 Å². The van der Waals surface area contributed by atoms with Crippen LogP contribution in [0.25, 0.3) is 0 Å². The fraction of sp³-hybridized carbons (Fsp3) is 0.870. The summed E-state index contributed by atoms with van der Waals surface area (Å²) in [7, 11) is 5.29. The largest absolute Gasteiger partial charge is 0.393 e. The van der Waals surface area contributed by atoms with Gasteiger partial charge in [0.1, 0.15) is 18.4 Å². The Morgan fingerprint density at radius 1 is 0.673 bits per heavy atom. The lowest BCUT2D eigenvalue weighted by molar-refractivity contribution is -0.219. The number of carbonyl (C=O) groups excluding carboxylic acids is 2. The van der Waals surface area contributed by atoms with Crippen molar-refractivity contribution in [3.05, 3.63) is 23.2 Å². The molecular formula is C46H74Cl2O7. The fourth-order valence-corrected chi connectivity index (χ4v) is 14.6. The van der Waals surface area contributed by atoms with Gasteiger partial charge in [-0.2, -0.15) is 0 Å². The second-order valence-corrected chi connectivity index (χ2v) is 20.6. The molecule has 55 heavy (non-hydrogen) atoms. The van der Waals surface area contributed by atoms with Crippen molar-refractivity contribution in [3.63, 3.8) is 0 Å². The Kier molecular flexibility index (Phi) is 14.0. The van der Waals surface area contributed by atoms with Crippen molar-refractivity contribution >= 4 is 34.8 Å². The van der Waals surface area contributed by atoms with Gasteiger partial charge in [0.05, 0.1) is 24.4 Å². The number of Topliss-reactive ketones (excluding diaryl/α,β-unsaturated/α-hetero) is 2. The molecule has 0 saturated heterocycles. The molecule has 314 valence electrons. The number of hydrogen-bond donors (Lipinski definition) is 1. The Labute approximate surface area is 343 Å². The number of carbonyl (C=O) groups is 2. The lowest BCUT2D eigenvalue weighted by Crippen LogP contribution is -2.62. The van der Waals surface area contributed by atoms with Crippen molar-refractivity contribution in [1.82, 2.24) is 0 Å². The Morgan fingerprint density at radius 3 is 1.53 bits per heavy atom. The Hall–Kier alpha value is -0.800. The van der Waals surface area contributed by atoms with Gasteiger partial charge in [-0.3, -0.25) is 9.59 Å². The summed E-state index contributed by atoms with van der Waals surface area (Å²) in [6.45, 7) is 18.0. The third-order valence-electron chi connectivity index (χ3n) is 18.0. The van der Waals surface area contributed by atoms with E-state index in [1.165, 1.54) is 11.1 Å². The predicted octanol–water partition coefficient (Wildman–Crippen LogP) is 10.5. The number of halogens is 2. The molecule has 0 aromatic rings. The highest BCUT2D eigenvalue weighted by Crippen LogP contribution is 2.70. The van der Waals surface area contributed by atoms with Gasteiger partial charge in [-0.15, -0.1) is 0 Å². The number of allylic oxidation sites excluding steroid dienone is 2. The second-order valence-electron chi connectivity index (χ2n) is 20.1. The molecule has 0 aliphatic heterocycles. The van der Waals surface area contributed by atoms with E-state index in [2.05, 4.69) is 48.5 Å². The van der Waals surface area contributed by atoms with Crippen molar-refractivity contribution in [1.29, 1.82) is 0 Å². The van der Waals surface area contributed by atoms with E-state index in [-0.39, 0.29) is 64.5 Å². The van der Waals surface area contributed by atoms with E-state index in [1.807, 2.05) is 26.2 Å². The van der Waals surface area contributed by atoms with Crippen LogP contribution in [0, 0.1) is 68.0 Å². The second kappa shape index (κ2) is 17.1. The van der Waals surface area contributed by atoms with Crippen LogP contribution in [0.3, 0.4) is 0 Å². The van der Waals surface area contributed by atoms with Gasteiger partial charge in [0.25, 0.3) is 0 Å². The first kappa shape index (κ1) is 45.3. The molecule has 4 unspecified atom stereocenters. The van der Waals surface area contributed by atoms with E-state index in [1.54, 1.807) is 14.2 Å². The van der Waals surface area contributed by atoms with Crippen LogP contribution in [-0.4, -0.2) is 69.2 Å². The molecule has 6 fully saturated rings. The van der Waals surface area contributed by atoms with Crippen LogP contribution in [-0.2, 0) is 28.5 Å². The number of ketones is 2. The van der Waals surface area contributed by atoms with Gasteiger partial charge in [-0.25, -0.2) is 0 Å². The standard InChI is InChI=1S/C24H39ClO4.C22H35ClO3/c1-16-8-11-24-12-9-18(28-6)20(24)23(16,4)19(29-15-27-5)14-22(3,10-7-13-25)21(26)17(24)2;1-14-7-10-22-11-8-16(26-5)18(22)21(14,4)17(24)13-20(3,9-6-12-23)19(25)15(22)2/h7,13,16-20H,8-12,14-15H2,1-6H3;6,12,14-18,24H,7-11,13H2,1-5H3/t16-,17+,18-,19-,20?,22-,23+,24?;14-,15+,16-,17-,18?,20-,21+,22?/m11/s1. The third kappa shape index (κ3) is 7.20. The highest BCUT2D eigenvalue weighted by atomic mass is 35.5. The molecule has 9 heteroatoms. The highest BCUT2D eigenvalue weighted by molar-refractivity contribution is 6.25. The quantitative estimate of drug-likeness (QED) is 0.232. The molecule has 0 spiro atoms. The molecule has 6 aliphatic rings. The Morgan fingerprint density at radius 2 is 1.09 bits per heavy atom. The fourth-order valence-electron chi connectivity index (χ4n) is 14.4. The zero-order chi connectivity index (χ0) is 40.8. The van der Waals surface area contributed by atoms with E-state index < -0.39 is 16.9 Å². The molecule has 0 aromatic heterocycles. The first-order valence-corrected chi connectivity index (χ1v) is 22.2. The minimum absolute atomic E-state index is 0.0107. The Balaban J connectivity index is 0.000000212. The van der Waals surface area contributed by atoms with Gasteiger partial charge in [-0.1, -0.05) is 90.7 Å². The number of methoxy groups -OCH3 is 3.